The molecule has 0 saturated carbocycles. The molecule has 0 fully saturated rings. The highest BCUT2D eigenvalue weighted by atomic mass is 79.9. The summed E-state index contributed by atoms with van der Waals surface area (Å²) in [7, 11) is -1.91. The Balaban J connectivity index is 2.84. The standard InChI is InChI=1S/C19H31BrFO2Si/c1-18(2,3)12-15(23-24(7,8)19(4,5)6)13-22-14-9-10-17(21)16(20)11-14/h9-12,15H,13H2,1-8H3/t15-/m1/s1. The largest absolute Gasteiger partial charge is 0.491 e. The Morgan fingerprint density at radius 1 is 1.17 bits per heavy atom. The summed E-state index contributed by atoms with van der Waals surface area (Å²) in [6, 6.07) is 4.69. The molecule has 0 aliphatic rings. The number of benzene rings is 1. The van der Waals surface area contributed by atoms with E-state index in [0.717, 1.165) is 0 Å². The minimum Gasteiger partial charge on any atom is -0.491 e. The van der Waals surface area contributed by atoms with Crippen LogP contribution in [0.5, 0.6) is 5.75 Å². The molecule has 1 atom stereocenters. The van der Waals surface area contributed by atoms with Gasteiger partial charge in [-0.15, -0.1) is 0 Å². The van der Waals surface area contributed by atoms with Crippen LogP contribution in [0, 0.1) is 17.7 Å². The number of hydrogen-bond acceptors (Lipinski definition) is 2. The van der Waals surface area contributed by atoms with Crippen molar-refractivity contribution in [2.45, 2.75) is 65.8 Å². The smallest absolute Gasteiger partial charge is 0.192 e. The fraction of sp³-hybridized carbons (Fsp3) is 0.632. The number of hydrogen-bond donors (Lipinski definition) is 0. The van der Waals surface area contributed by atoms with Crippen molar-refractivity contribution in [3.05, 3.63) is 34.9 Å². The van der Waals surface area contributed by atoms with Gasteiger partial charge in [0, 0.05) is 0 Å². The van der Waals surface area contributed by atoms with Gasteiger partial charge in [0.2, 0.25) is 0 Å². The first-order valence-electron chi connectivity index (χ1n) is 8.33. The molecule has 0 unspecified atom stereocenters. The first kappa shape index (κ1) is 21.6. The molecule has 0 saturated heterocycles. The predicted octanol–water partition coefficient (Wildman–Crippen LogP) is 6.61. The molecule has 0 amide bonds. The Kier molecular flexibility index (Phi) is 7.10. The van der Waals surface area contributed by atoms with Crippen LogP contribution in [0.2, 0.25) is 18.1 Å². The van der Waals surface area contributed by atoms with Crippen molar-refractivity contribution < 1.29 is 13.6 Å². The van der Waals surface area contributed by atoms with Crippen LogP contribution in [0.25, 0.3) is 0 Å². The van der Waals surface area contributed by atoms with E-state index in [4.69, 9.17) is 9.16 Å². The van der Waals surface area contributed by atoms with E-state index in [9.17, 15) is 4.39 Å². The molecule has 2 nitrogen and oxygen atoms in total. The van der Waals surface area contributed by atoms with Crippen LogP contribution in [0.3, 0.4) is 0 Å². The quantitative estimate of drug-likeness (QED) is 0.484. The summed E-state index contributed by atoms with van der Waals surface area (Å²) in [6.45, 7) is 18.1. The molecule has 1 radical (unpaired) electrons. The van der Waals surface area contributed by atoms with Gasteiger partial charge in [-0.2, -0.15) is 0 Å². The minimum atomic E-state index is -1.91. The molecule has 0 aliphatic carbocycles. The van der Waals surface area contributed by atoms with Crippen molar-refractivity contribution in [2.24, 2.45) is 5.41 Å². The van der Waals surface area contributed by atoms with E-state index in [1.165, 1.54) is 6.07 Å². The second kappa shape index (κ2) is 7.88. The van der Waals surface area contributed by atoms with E-state index in [0.29, 0.717) is 16.8 Å². The van der Waals surface area contributed by atoms with E-state index < -0.39 is 8.32 Å². The lowest BCUT2D eigenvalue weighted by Gasteiger charge is -2.40. The van der Waals surface area contributed by atoms with E-state index in [-0.39, 0.29) is 22.4 Å². The third-order valence-electron chi connectivity index (χ3n) is 4.24. The molecule has 1 aromatic carbocycles. The van der Waals surface area contributed by atoms with Gasteiger partial charge in [-0.1, -0.05) is 41.5 Å². The minimum absolute atomic E-state index is 0.0275. The van der Waals surface area contributed by atoms with Crippen molar-refractivity contribution in [1.29, 1.82) is 0 Å². The molecule has 0 heterocycles. The average molecular weight is 418 g/mol. The van der Waals surface area contributed by atoms with Crippen LogP contribution in [0.15, 0.2) is 22.7 Å². The lowest BCUT2D eigenvalue weighted by molar-refractivity contribution is 0.121. The molecule has 0 bridgehead atoms. The van der Waals surface area contributed by atoms with Gasteiger partial charge in [0.25, 0.3) is 0 Å². The molecule has 1 rings (SSSR count). The third kappa shape index (κ3) is 6.85. The first-order valence-corrected chi connectivity index (χ1v) is 12.0. The summed E-state index contributed by atoms with van der Waals surface area (Å²) in [5.74, 6) is 0.340. The summed E-state index contributed by atoms with van der Waals surface area (Å²) in [5.41, 5.74) is 0.0275. The molecular formula is C19H31BrFO2Si. The second-order valence-electron chi connectivity index (χ2n) is 8.84. The third-order valence-corrected chi connectivity index (χ3v) is 9.36. The van der Waals surface area contributed by atoms with Crippen LogP contribution in [-0.2, 0) is 4.43 Å². The summed E-state index contributed by atoms with van der Waals surface area (Å²) in [4.78, 5) is 0. The Labute approximate surface area is 156 Å². The molecule has 0 N–H and O–H groups in total. The molecular weight excluding hydrogens is 387 g/mol. The highest BCUT2D eigenvalue weighted by Gasteiger charge is 2.40. The maximum absolute atomic E-state index is 13.3. The highest BCUT2D eigenvalue weighted by molar-refractivity contribution is 9.10. The molecule has 1 aromatic rings. The van der Waals surface area contributed by atoms with Crippen molar-refractivity contribution in [3.63, 3.8) is 0 Å². The van der Waals surface area contributed by atoms with Crippen LogP contribution in [0.4, 0.5) is 4.39 Å². The van der Waals surface area contributed by atoms with Gasteiger partial charge in [0.05, 0.1) is 10.6 Å². The van der Waals surface area contributed by atoms with Crippen molar-refractivity contribution in [1.82, 2.24) is 0 Å². The topological polar surface area (TPSA) is 18.5 Å². The van der Waals surface area contributed by atoms with Crippen molar-refractivity contribution in [3.8, 4) is 5.75 Å². The van der Waals surface area contributed by atoms with Crippen LogP contribution < -0.4 is 4.74 Å². The van der Waals surface area contributed by atoms with Gasteiger partial charge in [-0.05, 0) is 64.1 Å². The van der Waals surface area contributed by atoms with E-state index in [1.54, 1.807) is 12.1 Å². The van der Waals surface area contributed by atoms with Gasteiger partial charge in [-0.25, -0.2) is 4.39 Å². The van der Waals surface area contributed by atoms with E-state index in [1.807, 2.05) is 0 Å². The summed E-state index contributed by atoms with van der Waals surface area (Å²) >= 11 is 3.19. The Morgan fingerprint density at radius 3 is 2.21 bits per heavy atom. The lowest BCUT2D eigenvalue weighted by atomic mass is 9.89. The average Bonchev–Trinajstić information content (AvgIpc) is 2.36. The SMILES string of the molecule is CC(C)(C)[CH][C@H](COc1ccc(F)c(Br)c1)O[Si](C)(C)C(C)(C)C. The highest BCUT2D eigenvalue weighted by Crippen LogP contribution is 2.38. The molecule has 0 spiro atoms. The Bertz CT molecular complexity index is 547. The van der Waals surface area contributed by atoms with Crippen LogP contribution in [0.1, 0.15) is 41.5 Å². The van der Waals surface area contributed by atoms with Gasteiger partial charge in [0.1, 0.15) is 18.2 Å². The van der Waals surface area contributed by atoms with Crippen molar-refractivity contribution in [2.75, 3.05) is 6.61 Å². The zero-order valence-electron chi connectivity index (χ0n) is 16.2. The van der Waals surface area contributed by atoms with E-state index in [2.05, 4.69) is 77.0 Å². The molecule has 5 heteroatoms. The lowest BCUT2D eigenvalue weighted by Crippen LogP contribution is -2.46. The van der Waals surface area contributed by atoms with Gasteiger partial charge < -0.3 is 9.16 Å². The predicted molar refractivity (Wildman–Crippen MR) is 105 cm³/mol. The first-order chi connectivity index (χ1) is 10.7. The molecule has 0 aromatic heterocycles. The van der Waals surface area contributed by atoms with E-state index >= 15 is 0 Å². The number of rotatable bonds is 6. The van der Waals surface area contributed by atoms with Gasteiger partial charge >= 0.3 is 0 Å². The monoisotopic (exact) mass is 417 g/mol. The maximum atomic E-state index is 13.3. The van der Waals surface area contributed by atoms with Crippen LogP contribution >= 0.6 is 15.9 Å². The summed E-state index contributed by atoms with van der Waals surface area (Å²) in [5, 5.41) is 0.135. The molecule has 0 aliphatic heterocycles. The zero-order chi connectivity index (χ0) is 18.8. The fourth-order valence-electron chi connectivity index (χ4n) is 1.97. The second-order valence-corrected chi connectivity index (χ2v) is 14.4. The fourth-order valence-corrected chi connectivity index (χ4v) is 3.58. The van der Waals surface area contributed by atoms with Gasteiger partial charge in [0.15, 0.2) is 8.32 Å². The Hall–Kier alpha value is -0.393. The molecule has 24 heavy (non-hydrogen) atoms. The summed E-state index contributed by atoms with van der Waals surface area (Å²) < 4.78 is 26.2. The maximum Gasteiger partial charge on any atom is 0.192 e. The normalized spacial score (nSPS) is 14.6. The molecule has 137 valence electrons. The summed E-state index contributed by atoms with van der Waals surface area (Å²) in [6.07, 6.45) is 2.10. The van der Waals surface area contributed by atoms with Gasteiger partial charge in [-0.3, -0.25) is 0 Å². The zero-order valence-corrected chi connectivity index (χ0v) is 18.8. The number of halogens is 2. The Morgan fingerprint density at radius 2 is 1.75 bits per heavy atom. The number of ether oxygens (including phenoxy) is 1. The van der Waals surface area contributed by atoms with Crippen LogP contribution in [-0.4, -0.2) is 21.0 Å². The van der Waals surface area contributed by atoms with Crippen molar-refractivity contribution >= 4 is 24.2 Å².